The van der Waals surface area contributed by atoms with Gasteiger partial charge in [-0.2, -0.15) is 0 Å². The number of nitrogens with two attached hydrogens (primary N) is 2. The highest BCUT2D eigenvalue weighted by molar-refractivity contribution is 5.98. The number of rotatable bonds is 8. The van der Waals surface area contributed by atoms with Gasteiger partial charge in [0.05, 0.1) is 31.5 Å². The van der Waals surface area contributed by atoms with Gasteiger partial charge in [-0.25, -0.2) is 9.59 Å². The van der Waals surface area contributed by atoms with Crippen molar-refractivity contribution in [2.75, 3.05) is 23.7 Å². The van der Waals surface area contributed by atoms with Crippen LogP contribution in [0.3, 0.4) is 0 Å². The molecule has 2 aromatic carbocycles. The van der Waals surface area contributed by atoms with Crippen LogP contribution in [0, 0.1) is 46.3 Å². The summed E-state index contributed by atoms with van der Waals surface area (Å²) in [6, 6.07) is 9.32. The number of amides is 6. The molecule has 8 N–H and O–H groups in total. The molecule has 4 fully saturated rings. The number of primary amides is 2. The number of hydrogen-bond donors (Lipinski definition) is 6. The molecule has 0 unspecified atom stereocenters. The fourth-order valence-corrected chi connectivity index (χ4v) is 14.1. The second-order valence-corrected chi connectivity index (χ2v) is 25.7. The molecule has 17 rings (SSSR count). The number of aliphatic hydroxyl groups is 2. The number of nitrogens with zero attached hydrogens (tertiary/aromatic N) is 2. The van der Waals surface area contributed by atoms with E-state index in [2.05, 4.69) is 24.5 Å². The van der Waals surface area contributed by atoms with E-state index in [4.69, 9.17) is 30.4 Å². The van der Waals surface area contributed by atoms with Crippen LogP contribution in [0.4, 0.5) is 11.4 Å². The van der Waals surface area contributed by atoms with Crippen LogP contribution in [0.1, 0.15) is 146 Å². The van der Waals surface area contributed by atoms with Gasteiger partial charge in [0.1, 0.15) is 54.0 Å². The standard InChI is InChI=1S/C60H84N6O15/c1-33-10-21-51(73)65(43(29-47(61)69)55(76)80-57(2,3)4)31-49(71)63-35-11-15-37(16-12-35)78-38-17-13-36(14-18-38)64-50(72)32-66(44(30-48(62)70)56(77)81-58(5,6)7)52(74)22-23-53(75)79-39-24-25-59(8)34(26-39)27-45(67)54-41-20-19-40(33)60(41,9)46(68)28-42(54)59/h11-18,33-34,39-46,54,67-68H,10,19-32H2,1-9H3,(H2,61,69)(H2,62,70)(H,63,71)(H,64,72)/t33-,34+,39-,40-,41+,42+,43+,44+,45-,46+,54+,59+,60-/m1/s1. The Bertz CT molecular complexity index is 2690. The van der Waals surface area contributed by atoms with Gasteiger partial charge in [0.25, 0.3) is 0 Å². The first-order valence-corrected chi connectivity index (χ1v) is 28.5. The molecule has 4 saturated carbocycles. The maximum atomic E-state index is 14.5. The number of nitrogens with one attached hydrogen (secondary N) is 2. The largest absolute Gasteiger partial charge is 0.462 e. The first-order chi connectivity index (χ1) is 37.8. The maximum Gasteiger partial charge on any atom is 0.329 e. The SMILES string of the molecule is C[C@@H]1CCC(=O)N([C@@H](CC(N)=O)C(=O)OC(C)(C)C)CC(=O)Nc2ccc(cc2)Oc2ccc(cc2)NC(=O)CN([C@@H](CC(N)=O)C(=O)OC(C)(C)C)C(=O)CCC(=O)O[C@@H]2CC[C@@]3(C)[C@@H](C2)C[C@@H](O)[C@@H]2[C@@H]3C[C@H](O)[C@]3(C)[C@@H]1CC[C@@H]23. The third-order valence-corrected chi connectivity index (χ3v) is 17.8. The first kappa shape index (κ1) is 62.0. The minimum atomic E-state index is -1.61. The van der Waals surface area contributed by atoms with Crippen molar-refractivity contribution in [2.45, 2.75) is 187 Å². The van der Waals surface area contributed by atoms with E-state index in [1.807, 2.05) is 6.92 Å². The molecular weight excluding hydrogens is 1040 g/mol. The lowest BCUT2D eigenvalue weighted by atomic mass is 9.43. The summed E-state index contributed by atoms with van der Waals surface area (Å²) in [5, 5.41) is 30.1. The van der Waals surface area contributed by atoms with E-state index < -0.39 is 139 Å². The van der Waals surface area contributed by atoms with E-state index in [1.165, 1.54) is 12.1 Å². The van der Waals surface area contributed by atoms with Crippen molar-refractivity contribution in [3.05, 3.63) is 48.5 Å². The van der Waals surface area contributed by atoms with Gasteiger partial charge in [0.15, 0.2) is 0 Å². The van der Waals surface area contributed by atoms with Crippen molar-refractivity contribution in [1.29, 1.82) is 0 Å². The number of carbonyl (C=O) groups excluding carboxylic acids is 9. The molecule has 11 heterocycles. The number of benzene rings is 2. The Morgan fingerprint density at radius 3 is 1.63 bits per heavy atom. The Labute approximate surface area is 474 Å². The van der Waals surface area contributed by atoms with Gasteiger partial charge in [-0.1, -0.05) is 20.8 Å². The molecule has 0 aromatic heterocycles. The Kier molecular flexibility index (Phi) is 19.0. The molecule has 81 heavy (non-hydrogen) atoms. The van der Waals surface area contributed by atoms with Gasteiger partial charge in [0, 0.05) is 24.2 Å². The van der Waals surface area contributed by atoms with E-state index in [1.54, 1.807) is 77.9 Å². The minimum Gasteiger partial charge on any atom is -0.462 e. The topological polar surface area (TPSA) is 314 Å². The molecule has 2 aromatic rings. The van der Waals surface area contributed by atoms with Crippen LogP contribution in [0.2, 0.25) is 0 Å². The summed E-state index contributed by atoms with van der Waals surface area (Å²) in [4.78, 5) is 124. The van der Waals surface area contributed by atoms with Crippen molar-refractivity contribution in [2.24, 2.45) is 57.8 Å². The number of carbonyl (C=O) groups is 9. The molecular formula is C60H84N6O15. The maximum absolute atomic E-state index is 14.5. The zero-order valence-electron chi connectivity index (χ0n) is 48.3. The molecule has 0 radical (unpaired) electrons. The predicted octanol–water partition coefficient (Wildman–Crippen LogP) is 5.91. The second kappa shape index (κ2) is 24.9. The summed E-state index contributed by atoms with van der Waals surface area (Å²) in [5.41, 5.74) is 8.87. The zero-order chi connectivity index (χ0) is 59.5. The van der Waals surface area contributed by atoms with Crippen LogP contribution < -0.4 is 26.8 Å². The fraction of sp³-hybridized carbons (Fsp3) is 0.650. The number of aliphatic hydroxyl groups excluding tert-OH is 2. The van der Waals surface area contributed by atoms with Crippen molar-refractivity contribution < 1.29 is 72.3 Å². The monoisotopic (exact) mass is 1130 g/mol. The van der Waals surface area contributed by atoms with E-state index in [0.29, 0.717) is 55.7 Å². The lowest BCUT2D eigenvalue weighted by Crippen LogP contribution is -2.62. The van der Waals surface area contributed by atoms with Crippen LogP contribution in [0.5, 0.6) is 11.5 Å². The molecule has 444 valence electrons. The zero-order valence-corrected chi connectivity index (χ0v) is 48.3. The highest BCUT2D eigenvalue weighted by Gasteiger charge is 2.66. The lowest BCUT2D eigenvalue weighted by Gasteiger charge is -2.63. The molecule has 11 aliphatic heterocycles. The van der Waals surface area contributed by atoms with Gasteiger partial charge >= 0.3 is 17.9 Å². The molecule has 4 aliphatic carbocycles. The summed E-state index contributed by atoms with van der Waals surface area (Å²) in [6.45, 7) is 14.8. The van der Waals surface area contributed by atoms with E-state index in [-0.39, 0.29) is 53.0 Å². The molecule has 13 atom stereocenters. The highest BCUT2D eigenvalue weighted by atomic mass is 16.6. The van der Waals surface area contributed by atoms with Crippen LogP contribution in [-0.2, 0) is 57.4 Å². The summed E-state index contributed by atoms with van der Waals surface area (Å²) >= 11 is 0. The van der Waals surface area contributed by atoms with Crippen LogP contribution in [0.25, 0.3) is 0 Å². The van der Waals surface area contributed by atoms with E-state index in [9.17, 15) is 53.4 Å². The fourth-order valence-electron chi connectivity index (χ4n) is 14.1. The second-order valence-electron chi connectivity index (χ2n) is 25.7. The van der Waals surface area contributed by atoms with Gasteiger partial charge in [-0.05, 0) is 188 Å². The molecule has 0 saturated heterocycles. The summed E-state index contributed by atoms with van der Waals surface area (Å²) < 4.78 is 23.3. The molecule has 6 amide bonds. The van der Waals surface area contributed by atoms with Crippen LogP contribution >= 0.6 is 0 Å². The third-order valence-electron chi connectivity index (χ3n) is 17.8. The van der Waals surface area contributed by atoms with Gasteiger partial charge in [0.2, 0.25) is 35.4 Å². The number of esters is 3. The average Bonchev–Trinajstić information content (AvgIpc) is 3.81. The number of ether oxygens (including phenoxy) is 4. The first-order valence-electron chi connectivity index (χ1n) is 28.5. The van der Waals surface area contributed by atoms with Crippen molar-refractivity contribution >= 4 is 64.7 Å². The normalized spacial score (nSPS) is 30.8. The molecule has 21 nitrogen and oxygen atoms in total. The van der Waals surface area contributed by atoms with E-state index in [0.717, 1.165) is 22.6 Å². The van der Waals surface area contributed by atoms with Gasteiger partial charge in [-0.15, -0.1) is 0 Å². The van der Waals surface area contributed by atoms with Crippen LogP contribution in [-0.4, -0.2) is 128 Å². The summed E-state index contributed by atoms with van der Waals surface area (Å²) in [7, 11) is 0. The summed E-state index contributed by atoms with van der Waals surface area (Å²) in [6.07, 6.45) is 0.148. The Morgan fingerprint density at radius 2 is 1.15 bits per heavy atom. The smallest absolute Gasteiger partial charge is 0.329 e. The number of anilines is 2. The predicted molar refractivity (Wildman–Crippen MR) is 296 cm³/mol. The van der Waals surface area contributed by atoms with Crippen molar-refractivity contribution in [3.63, 3.8) is 0 Å². The molecule has 15 aliphatic rings. The lowest BCUT2D eigenvalue weighted by molar-refractivity contribution is -0.209. The Morgan fingerprint density at radius 1 is 0.667 bits per heavy atom. The molecule has 12 bridgehead atoms. The number of fused-ring (bicyclic) bond motifs is 1. The van der Waals surface area contributed by atoms with Crippen LogP contribution in [0.15, 0.2) is 48.5 Å². The average molecular weight is 1130 g/mol. The van der Waals surface area contributed by atoms with E-state index >= 15 is 0 Å². The molecule has 21 heteroatoms. The quantitative estimate of drug-likeness (QED) is 0.132. The third kappa shape index (κ3) is 14.9. The minimum absolute atomic E-state index is 0.0417. The van der Waals surface area contributed by atoms with Gasteiger partial charge in [-0.3, -0.25) is 33.6 Å². The Balaban J connectivity index is 1.18. The van der Waals surface area contributed by atoms with Gasteiger partial charge < -0.3 is 61.1 Å². The number of hydrogen-bond acceptors (Lipinski definition) is 15. The summed E-state index contributed by atoms with van der Waals surface area (Å²) in [5.74, 6) is -6.88. The van der Waals surface area contributed by atoms with Crippen molar-refractivity contribution in [3.8, 4) is 11.5 Å². The molecule has 0 spiro atoms. The van der Waals surface area contributed by atoms with Crippen molar-refractivity contribution in [1.82, 2.24) is 9.80 Å². The Hall–Kier alpha value is -6.61. The highest BCUT2D eigenvalue weighted by Crippen LogP contribution is 2.68.